The molecule has 0 amide bonds. The highest BCUT2D eigenvalue weighted by Crippen LogP contribution is 2.29. The second kappa shape index (κ2) is 8.86. The van der Waals surface area contributed by atoms with E-state index < -0.39 is 11.9 Å². The first-order valence-electron chi connectivity index (χ1n) is 8.27. The standard InChI is InChI=1S/C16H18N2O.C4H4O4/c1-11(17)10-18-8-7-13-4-3-12-5-6-14(19-2)9-15(12)16(13)18;5-3(6)1-2-4(7)8/h3-9,11H,10,17H2,1-2H3;1-2H,(H,5,6)(H,7,8)/b;2-1+/t11-;/m0./s1. The Hall–Kier alpha value is -3.32. The van der Waals surface area contributed by atoms with Crippen LogP contribution >= 0.6 is 0 Å². The first kappa shape index (κ1) is 20.0. The normalized spacial score (nSPS) is 12.0. The van der Waals surface area contributed by atoms with Gasteiger partial charge in [-0.3, -0.25) is 0 Å². The van der Waals surface area contributed by atoms with Crippen LogP contribution in [0, 0.1) is 0 Å². The van der Waals surface area contributed by atoms with Crippen molar-refractivity contribution in [3.05, 3.63) is 54.7 Å². The van der Waals surface area contributed by atoms with E-state index in [0.29, 0.717) is 12.2 Å². The maximum Gasteiger partial charge on any atom is 0.328 e. The SMILES string of the molecule is COc1ccc2ccc3ccn(C[C@H](C)N)c3c2c1.O=C(O)/C=C/C(=O)O. The topological polar surface area (TPSA) is 115 Å². The summed E-state index contributed by atoms with van der Waals surface area (Å²) in [6.45, 7) is 2.84. The Balaban J connectivity index is 0.000000279. The number of nitrogens with two attached hydrogens (primary N) is 1. The Kier molecular flexibility index (Phi) is 6.56. The highest BCUT2D eigenvalue weighted by molar-refractivity contribution is 6.06. The van der Waals surface area contributed by atoms with E-state index in [0.717, 1.165) is 12.3 Å². The summed E-state index contributed by atoms with van der Waals surface area (Å²) in [4.78, 5) is 19.1. The number of aliphatic carboxylic acids is 2. The second-order valence-corrected chi connectivity index (χ2v) is 6.05. The molecule has 1 atom stereocenters. The zero-order valence-corrected chi connectivity index (χ0v) is 15.1. The first-order valence-corrected chi connectivity index (χ1v) is 8.27. The van der Waals surface area contributed by atoms with E-state index in [4.69, 9.17) is 20.7 Å². The largest absolute Gasteiger partial charge is 0.497 e. The summed E-state index contributed by atoms with van der Waals surface area (Å²) in [7, 11) is 1.70. The molecule has 7 nitrogen and oxygen atoms in total. The van der Waals surface area contributed by atoms with Crippen LogP contribution in [0.25, 0.3) is 21.7 Å². The fourth-order valence-corrected chi connectivity index (χ4v) is 2.73. The number of carboxylic acid groups (broad SMARTS) is 2. The van der Waals surface area contributed by atoms with Crippen molar-refractivity contribution in [2.45, 2.75) is 19.5 Å². The van der Waals surface area contributed by atoms with E-state index in [-0.39, 0.29) is 6.04 Å². The molecule has 7 heteroatoms. The number of hydrogen-bond acceptors (Lipinski definition) is 4. The number of ether oxygens (including phenoxy) is 1. The average molecular weight is 370 g/mol. The van der Waals surface area contributed by atoms with Crippen LogP contribution in [-0.4, -0.2) is 39.9 Å². The van der Waals surface area contributed by atoms with Gasteiger partial charge in [-0.25, -0.2) is 9.59 Å². The Morgan fingerprint density at radius 2 is 1.70 bits per heavy atom. The Morgan fingerprint density at radius 1 is 1.11 bits per heavy atom. The zero-order chi connectivity index (χ0) is 20.0. The summed E-state index contributed by atoms with van der Waals surface area (Å²) in [6, 6.07) is 12.8. The monoisotopic (exact) mass is 370 g/mol. The minimum absolute atomic E-state index is 0.136. The lowest BCUT2D eigenvalue weighted by atomic mass is 10.1. The van der Waals surface area contributed by atoms with Crippen molar-refractivity contribution in [2.24, 2.45) is 5.73 Å². The third-order valence-corrected chi connectivity index (χ3v) is 3.81. The van der Waals surface area contributed by atoms with Crippen molar-refractivity contribution < 1.29 is 24.5 Å². The van der Waals surface area contributed by atoms with E-state index in [1.165, 1.54) is 21.7 Å². The third-order valence-electron chi connectivity index (χ3n) is 3.81. The molecule has 0 aliphatic rings. The molecule has 1 heterocycles. The van der Waals surface area contributed by atoms with Crippen LogP contribution in [0.4, 0.5) is 0 Å². The van der Waals surface area contributed by atoms with Crippen LogP contribution in [-0.2, 0) is 16.1 Å². The summed E-state index contributed by atoms with van der Waals surface area (Å²) in [6.07, 6.45) is 3.22. The van der Waals surface area contributed by atoms with Crippen molar-refractivity contribution in [2.75, 3.05) is 7.11 Å². The molecule has 0 aliphatic carbocycles. The summed E-state index contributed by atoms with van der Waals surface area (Å²) < 4.78 is 7.56. The molecule has 4 N–H and O–H groups in total. The van der Waals surface area contributed by atoms with Crippen molar-refractivity contribution in [1.82, 2.24) is 4.57 Å². The molecule has 0 radical (unpaired) electrons. The van der Waals surface area contributed by atoms with Crippen LogP contribution < -0.4 is 10.5 Å². The lowest BCUT2D eigenvalue weighted by Gasteiger charge is -2.11. The van der Waals surface area contributed by atoms with Gasteiger partial charge in [0, 0.05) is 41.7 Å². The van der Waals surface area contributed by atoms with E-state index in [1.807, 2.05) is 13.0 Å². The summed E-state index contributed by atoms with van der Waals surface area (Å²) in [5.74, 6) is -1.63. The number of carboxylic acids is 2. The number of benzene rings is 2. The molecule has 0 spiro atoms. The van der Waals surface area contributed by atoms with Crippen LogP contribution in [0.1, 0.15) is 6.92 Å². The molecule has 0 unspecified atom stereocenters. The summed E-state index contributed by atoms with van der Waals surface area (Å²) >= 11 is 0. The Labute approximate surface area is 156 Å². The van der Waals surface area contributed by atoms with Crippen LogP contribution in [0.2, 0.25) is 0 Å². The third kappa shape index (κ3) is 5.32. The van der Waals surface area contributed by atoms with Gasteiger partial charge in [-0.1, -0.05) is 18.2 Å². The van der Waals surface area contributed by atoms with Gasteiger partial charge in [0.15, 0.2) is 0 Å². The molecule has 1 aromatic heterocycles. The Bertz CT molecular complexity index is 973. The van der Waals surface area contributed by atoms with Crippen molar-refractivity contribution in [1.29, 1.82) is 0 Å². The summed E-state index contributed by atoms with van der Waals surface area (Å²) in [5, 5.41) is 19.3. The molecule has 142 valence electrons. The van der Waals surface area contributed by atoms with E-state index in [9.17, 15) is 9.59 Å². The van der Waals surface area contributed by atoms with Crippen LogP contribution in [0.15, 0.2) is 54.7 Å². The van der Waals surface area contributed by atoms with Gasteiger partial charge >= 0.3 is 11.9 Å². The first-order chi connectivity index (χ1) is 12.8. The molecule has 0 saturated heterocycles. The van der Waals surface area contributed by atoms with E-state index in [2.05, 4.69) is 41.1 Å². The van der Waals surface area contributed by atoms with Crippen molar-refractivity contribution in [3.63, 3.8) is 0 Å². The molecule has 2 aromatic carbocycles. The minimum Gasteiger partial charge on any atom is -0.497 e. The van der Waals surface area contributed by atoms with Gasteiger partial charge in [0.2, 0.25) is 0 Å². The minimum atomic E-state index is -1.26. The number of hydrogen-bond donors (Lipinski definition) is 3. The molecular weight excluding hydrogens is 348 g/mol. The molecule has 3 rings (SSSR count). The van der Waals surface area contributed by atoms with Gasteiger partial charge in [-0.2, -0.15) is 0 Å². The average Bonchev–Trinajstić information content (AvgIpc) is 3.02. The quantitative estimate of drug-likeness (QED) is 0.595. The lowest BCUT2D eigenvalue weighted by Crippen LogP contribution is -2.21. The molecule has 0 aliphatic heterocycles. The van der Waals surface area contributed by atoms with E-state index >= 15 is 0 Å². The Morgan fingerprint density at radius 3 is 2.26 bits per heavy atom. The maximum atomic E-state index is 9.55. The van der Waals surface area contributed by atoms with Crippen molar-refractivity contribution in [3.8, 4) is 5.75 Å². The number of methoxy groups -OCH3 is 1. The molecule has 0 saturated carbocycles. The number of carbonyl (C=O) groups is 2. The van der Waals surface area contributed by atoms with E-state index in [1.54, 1.807) is 7.11 Å². The molecule has 27 heavy (non-hydrogen) atoms. The predicted molar refractivity (Wildman–Crippen MR) is 104 cm³/mol. The molecule has 3 aromatic rings. The number of fused-ring (bicyclic) bond motifs is 3. The maximum absolute atomic E-state index is 9.55. The molecule has 0 bridgehead atoms. The molecule has 0 fully saturated rings. The van der Waals surface area contributed by atoms with Crippen LogP contribution in [0.5, 0.6) is 5.75 Å². The van der Waals surface area contributed by atoms with Gasteiger partial charge in [-0.05, 0) is 30.5 Å². The van der Waals surface area contributed by atoms with Gasteiger partial charge in [0.25, 0.3) is 0 Å². The van der Waals surface area contributed by atoms with Crippen molar-refractivity contribution >= 4 is 33.6 Å². The molecular formula is C20H22N2O5. The number of rotatable bonds is 5. The zero-order valence-electron chi connectivity index (χ0n) is 15.1. The predicted octanol–water partition coefficient (Wildman–Crippen LogP) is 2.86. The lowest BCUT2D eigenvalue weighted by molar-refractivity contribution is -0.134. The fourth-order valence-electron chi connectivity index (χ4n) is 2.73. The smallest absolute Gasteiger partial charge is 0.328 e. The highest BCUT2D eigenvalue weighted by atomic mass is 16.5. The summed E-state index contributed by atoms with van der Waals surface area (Å²) in [5.41, 5.74) is 7.16. The number of aromatic nitrogens is 1. The van der Waals surface area contributed by atoms with Gasteiger partial charge in [0.1, 0.15) is 5.75 Å². The second-order valence-electron chi connectivity index (χ2n) is 6.05. The van der Waals surface area contributed by atoms with Gasteiger partial charge < -0.3 is 25.3 Å². The van der Waals surface area contributed by atoms with Gasteiger partial charge in [0.05, 0.1) is 12.6 Å². The van der Waals surface area contributed by atoms with Crippen LogP contribution in [0.3, 0.4) is 0 Å². The van der Waals surface area contributed by atoms with Gasteiger partial charge in [-0.15, -0.1) is 0 Å². The number of nitrogens with zero attached hydrogens (tertiary/aromatic N) is 1. The fraction of sp³-hybridized carbons (Fsp3) is 0.200. The highest BCUT2D eigenvalue weighted by Gasteiger charge is 2.08.